The molecule has 0 saturated carbocycles. The van der Waals surface area contributed by atoms with E-state index >= 15 is 0 Å². The van der Waals surface area contributed by atoms with Crippen molar-refractivity contribution < 1.29 is 9.32 Å². The van der Waals surface area contributed by atoms with E-state index in [1.165, 1.54) is 4.80 Å². The lowest BCUT2D eigenvalue weighted by Gasteiger charge is -2.30. The van der Waals surface area contributed by atoms with Crippen molar-refractivity contribution in [2.45, 2.75) is 32.2 Å². The molecule has 0 radical (unpaired) electrons. The minimum atomic E-state index is -0.0215. The van der Waals surface area contributed by atoms with Gasteiger partial charge in [-0.25, -0.2) is 0 Å². The molecule has 0 unspecified atom stereocenters. The van der Waals surface area contributed by atoms with Crippen molar-refractivity contribution in [3.8, 4) is 22.8 Å². The summed E-state index contributed by atoms with van der Waals surface area (Å²) in [5, 5.41) is 16.6. The van der Waals surface area contributed by atoms with E-state index in [4.69, 9.17) is 4.52 Å². The summed E-state index contributed by atoms with van der Waals surface area (Å²) < 4.78 is 5.51. The average molecular weight is 429 g/mol. The first kappa shape index (κ1) is 20.0. The van der Waals surface area contributed by atoms with Crippen LogP contribution in [0.2, 0.25) is 0 Å². The molecule has 1 amide bonds. The Hall–Kier alpha value is -3.88. The fourth-order valence-electron chi connectivity index (χ4n) is 3.83. The second-order valence-corrected chi connectivity index (χ2v) is 7.99. The Kier molecular flexibility index (Phi) is 5.45. The van der Waals surface area contributed by atoms with Gasteiger partial charge in [-0.3, -0.25) is 4.79 Å². The van der Waals surface area contributed by atoms with Crippen LogP contribution in [0.4, 0.5) is 0 Å². The van der Waals surface area contributed by atoms with Crippen molar-refractivity contribution in [1.29, 1.82) is 0 Å². The van der Waals surface area contributed by atoms with Crippen LogP contribution in [0.5, 0.6) is 0 Å². The number of aromatic nitrogens is 6. The van der Waals surface area contributed by atoms with Gasteiger partial charge in [0.15, 0.2) is 0 Å². The molecular weight excluding hydrogens is 406 g/mol. The molecular formula is C23H23N7O2. The standard InChI is InChI=1S/C23H23N7O2/c1-16-7-9-18(10-8-16)22-25-28-30(26-22)15-20(31)29-13-11-19(12-14-29)23-24-21(27-32-23)17-5-3-2-4-6-17/h2-10,19H,11-15H2,1H3. The number of piperidine rings is 1. The lowest BCUT2D eigenvalue weighted by molar-refractivity contribution is -0.133. The topological polar surface area (TPSA) is 103 Å². The third kappa shape index (κ3) is 4.27. The molecule has 9 heteroatoms. The van der Waals surface area contributed by atoms with E-state index in [2.05, 4.69) is 25.6 Å². The van der Waals surface area contributed by atoms with Crippen LogP contribution in [0.1, 0.15) is 30.2 Å². The number of carbonyl (C=O) groups excluding carboxylic acids is 1. The molecule has 2 aromatic carbocycles. The van der Waals surface area contributed by atoms with Crippen LogP contribution in [-0.2, 0) is 11.3 Å². The molecule has 0 aliphatic carbocycles. The van der Waals surface area contributed by atoms with Gasteiger partial charge < -0.3 is 9.42 Å². The molecule has 2 aromatic heterocycles. The monoisotopic (exact) mass is 429 g/mol. The van der Waals surface area contributed by atoms with Gasteiger partial charge in [0, 0.05) is 30.1 Å². The van der Waals surface area contributed by atoms with Crippen molar-refractivity contribution in [3.63, 3.8) is 0 Å². The molecule has 162 valence electrons. The first-order valence-corrected chi connectivity index (χ1v) is 10.7. The quantitative estimate of drug-likeness (QED) is 0.480. The van der Waals surface area contributed by atoms with Crippen molar-refractivity contribution in [2.24, 2.45) is 0 Å². The number of rotatable bonds is 5. The van der Waals surface area contributed by atoms with Crippen LogP contribution in [-0.4, -0.2) is 54.2 Å². The minimum Gasteiger partial charge on any atom is -0.341 e. The Bertz CT molecular complexity index is 1190. The Morgan fingerprint density at radius 1 is 1.00 bits per heavy atom. The van der Waals surface area contributed by atoms with E-state index < -0.39 is 0 Å². The first-order chi connectivity index (χ1) is 15.7. The Labute approximate surface area is 185 Å². The fraction of sp³-hybridized carbons (Fsp3) is 0.304. The third-order valence-electron chi connectivity index (χ3n) is 5.71. The van der Waals surface area contributed by atoms with Crippen LogP contribution in [0.25, 0.3) is 22.8 Å². The molecule has 5 rings (SSSR count). The normalized spacial score (nSPS) is 14.6. The molecule has 1 fully saturated rings. The summed E-state index contributed by atoms with van der Waals surface area (Å²) in [6.45, 7) is 3.36. The number of aryl methyl sites for hydroxylation is 1. The van der Waals surface area contributed by atoms with Gasteiger partial charge in [-0.2, -0.15) is 9.78 Å². The number of likely N-dealkylation sites (tertiary alicyclic amines) is 1. The SMILES string of the molecule is Cc1ccc(-c2nnn(CC(=O)N3CCC(c4nc(-c5ccccc5)no4)CC3)n2)cc1. The molecule has 1 saturated heterocycles. The van der Waals surface area contributed by atoms with Gasteiger partial charge in [-0.05, 0) is 25.0 Å². The minimum absolute atomic E-state index is 0.0215. The summed E-state index contributed by atoms with van der Waals surface area (Å²) in [4.78, 5) is 20.5. The van der Waals surface area contributed by atoms with Crippen molar-refractivity contribution in [2.75, 3.05) is 13.1 Å². The Balaban J connectivity index is 1.17. The van der Waals surface area contributed by atoms with Crippen LogP contribution in [0.3, 0.4) is 0 Å². The Morgan fingerprint density at radius 2 is 1.72 bits per heavy atom. The number of hydrogen-bond acceptors (Lipinski definition) is 7. The predicted molar refractivity (Wildman–Crippen MR) is 116 cm³/mol. The largest absolute Gasteiger partial charge is 0.341 e. The molecule has 0 bridgehead atoms. The lowest BCUT2D eigenvalue weighted by atomic mass is 9.96. The molecule has 0 atom stereocenters. The van der Waals surface area contributed by atoms with Gasteiger partial charge in [0.25, 0.3) is 0 Å². The molecule has 4 aromatic rings. The maximum Gasteiger partial charge on any atom is 0.246 e. The number of amides is 1. The maximum absolute atomic E-state index is 12.7. The smallest absolute Gasteiger partial charge is 0.246 e. The summed E-state index contributed by atoms with van der Waals surface area (Å²) in [5.41, 5.74) is 2.97. The summed E-state index contributed by atoms with van der Waals surface area (Å²) in [6.07, 6.45) is 1.56. The zero-order chi connectivity index (χ0) is 21.9. The maximum atomic E-state index is 12.7. The van der Waals surface area contributed by atoms with Gasteiger partial charge in [-0.15, -0.1) is 10.2 Å². The van der Waals surface area contributed by atoms with Gasteiger partial charge >= 0.3 is 0 Å². The van der Waals surface area contributed by atoms with E-state index in [9.17, 15) is 4.79 Å². The summed E-state index contributed by atoms with van der Waals surface area (Å²) >= 11 is 0. The highest BCUT2D eigenvalue weighted by molar-refractivity contribution is 5.76. The zero-order valence-corrected chi connectivity index (χ0v) is 17.8. The predicted octanol–water partition coefficient (Wildman–Crippen LogP) is 3.10. The second kappa shape index (κ2) is 8.70. The number of tetrazole rings is 1. The van der Waals surface area contributed by atoms with Gasteiger partial charge in [0.05, 0.1) is 0 Å². The molecule has 1 aliphatic rings. The van der Waals surface area contributed by atoms with Crippen molar-refractivity contribution in [1.82, 2.24) is 35.2 Å². The summed E-state index contributed by atoms with van der Waals surface area (Å²) in [5.74, 6) is 1.88. The van der Waals surface area contributed by atoms with E-state index in [1.807, 2.05) is 66.4 Å². The van der Waals surface area contributed by atoms with Crippen molar-refractivity contribution >= 4 is 5.91 Å². The van der Waals surface area contributed by atoms with Gasteiger partial charge in [0.1, 0.15) is 6.54 Å². The van der Waals surface area contributed by atoms with Crippen molar-refractivity contribution in [3.05, 3.63) is 66.1 Å². The Morgan fingerprint density at radius 3 is 2.47 bits per heavy atom. The number of benzene rings is 2. The lowest BCUT2D eigenvalue weighted by Crippen LogP contribution is -2.40. The number of nitrogens with zero attached hydrogens (tertiary/aromatic N) is 7. The molecule has 1 aliphatic heterocycles. The van der Waals surface area contributed by atoms with Gasteiger partial charge in [0.2, 0.25) is 23.4 Å². The molecule has 9 nitrogen and oxygen atoms in total. The summed E-state index contributed by atoms with van der Waals surface area (Å²) in [6, 6.07) is 17.7. The van der Waals surface area contributed by atoms with Crippen LogP contribution < -0.4 is 0 Å². The molecule has 3 heterocycles. The van der Waals surface area contributed by atoms with E-state index in [0.717, 1.165) is 29.5 Å². The molecule has 32 heavy (non-hydrogen) atoms. The van der Waals surface area contributed by atoms with E-state index in [-0.39, 0.29) is 18.4 Å². The number of hydrogen-bond donors (Lipinski definition) is 0. The van der Waals surface area contributed by atoms with E-state index in [0.29, 0.717) is 30.6 Å². The summed E-state index contributed by atoms with van der Waals surface area (Å²) in [7, 11) is 0. The zero-order valence-electron chi connectivity index (χ0n) is 17.8. The fourth-order valence-corrected chi connectivity index (χ4v) is 3.83. The van der Waals surface area contributed by atoms with Gasteiger partial charge in [-0.1, -0.05) is 65.3 Å². The van der Waals surface area contributed by atoms with Crippen LogP contribution in [0.15, 0.2) is 59.1 Å². The highest BCUT2D eigenvalue weighted by atomic mass is 16.5. The second-order valence-electron chi connectivity index (χ2n) is 7.99. The first-order valence-electron chi connectivity index (χ1n) is 10.7. The highest BCUT2D eigenvalue weighted by Crippen LogP contribution is 2.28. The average Bonchev–Trinajstić information content (AvgIpc) is 3.51. The van der Waals surface area contributed by atoms with Crippen LogP contribution >= 0.6 is 0 Å². The third-order valence-corrected chi connectivity index (χ3v) is 5.71. The van der Waals surface area contributed by atoms with Crippen LogP contribution in [0, 0.1) is 6.92 Å². The van der Waals surface area contributed by atoms with E-state index in [1.54, 1.807) is 0 Å². The molecule has 0 spiro atoms. The highest BCUT2D eigenvalue weighted by Gasteiger charge is 2.28. The number of carbonyl (C=O) groups is 1. The molecule has 0 N–H and O–H groups in total.